The molecule has 0 saturated carbocycles. The van der Waals surface area contributed by atoms with Gasteiger partial charge in [0.15, 0.2) is 0 Å². The van der Waals surface area contributed by atoms with Crippen LogP contribution in [0.15, 0.2) is 30.7 Å². The van der Waals surface area contributed by atoms with E-state index in [1.807, 2.05) is 13.2 Å². The molecule has 0 spiro atoms. The number of carbonyl (C=O) groups excluding carboxylic acids is 1. The molecule has 7 nitrogen and oxygen atoms in total. The minimum Gasteiger partial charge on any atom is -0.360 e. The Labute approximate surface area is 161 Å². The summed E-state index contributed by atoms with van der Waals surface area (Å²) >= 11 is 0. The Morgan fingerprint density at radius 2 is 2.07 bits per heavy atom. The number of hydrogen-bond acceptors (Lipinski definition) is 5. The molecule has 0 aliphatic carbocycles. The fourth-order valence-electron chi connectivity index (χ4n) is 3.38. The maximum absolute atomic E-state index is 12.1. The molecule has 1 N–H and O–H groups in total. The van der Waals surface area contributed by atoms with Crippen LogP contribution in [-0.2, 0) is 13.6 Å². The Hall–Kier alpha value is -2.41. The van der Waals surface area contributed by atoms with Crippen LogP contribution >= 0.6 is 0 Å². The Kier molecular flexibility index (Phi) is 6.45. The Morgan fingerprint density at radius 1 is 1.30 bits per heavy atom. The molecule has 2 aromatic heterocycles. The van der Waals surface area contributed by atoms with E-state index in [1.54, 1.807) is 17.1 Å². The van der Waals surface area contributed by atoms with Crippen LogP contribution in [0, 0.1) is 5.92 Å². The first-order valence-electron chi connectivity index (χ1n) is 9.70. The summed E-state index contributed by atoms with van der Waals surface area (Å²) in [4.78, 5) is 21.3. The fraction of sp³-hybridized carbons (Fsp3) is 0.550. The highest BCUT2D eigenvalue weighted by Gasteiger charge is 2.20. The molecule has 27 heavy (non-hydrogen) atoms. The second-order valence-electron chi connectivity index (χ2n) is 7.37. The minimum atomic E-state index is -0.0336. The number of likely N-dealkylation sites (tertiary alicyclic amines) is 1. The number of aromatic nitrogens is 3. The third kappa shape index (κ3) is 5.29. The number of nitrogens with zero attached hydrogens (tertiary/aromatic N) is 5. The molecule has 0 bridgehead atoms. The predicted octanol–water partition coefficient (Wildman–Crippen LogP) is 1.91. The highest BCUT2D eigenvalue weighted by atomic mass is 16.1. The maximum atomic E-state index is 12.1. The van der Waals surface area contributed by atoms with Gasteiger partial charge in [-0.15, -0.1) is 0 Å². The van der Waals surface area contributed by atoms with E-state index in [2.05, 4.69) is 51.3 Å². The van der Waals surface area contributed by atoms with Crippen molar-refractivity contribution in [3.63, 3.8) is 0 Å². The van der Waals surface area contributed by atoms with Crippen molar-refractivity contribution in [1.29, 1.82) is 0 Å². The number of pyridine rings is 1. The molecule has 1 aliphatic heterocycles. The summed E-state index contributed by atoms with van der Waals surface area (Å²) in [7, 11) is 3.87. The first-order chi connectivity index (χ1) is 13.0. The zero-order valence-corrected chi connectivity index (χ0v) is 16.6. The SMILES string of the molecule is CCN(C)c1ccc(CN2CCC(CNC(=O)c3cnn(C)c3)CC2)cn1. The summed E-state index contributed by atoms with van der Waals surface area (Å²) < 4.78 is 1.65. The van der Waals surface area contributed by atoms with Gasteiger partial charge in [-0.3, -0.25) is 14.4 Å². The summed E-state index contributed by atoms with van der Waals surface area (Å²) in [6, 6.07) is 4.27. The van der Waals surface area contributed by atoms with Crippen molar-refractivity contribution in [1.82, 2.24) is 25.0 Å². The molecule has 1 amide bonds. The quantitative estimate of drug-likeness (QED) is 0.807. The highest BCUT2D eigenvalue weighted by Crippen LogP contribution is 2.19. The normalized spacial score (nSPS) is 15.7. The highest BCUT2D eigenvalue weighted by molar-refractivity contribution is 5.93. The molecular formula is C20H30N6O. The number of hydrogen-bond donors (Lipinski definition) is 1. The van der Waals surface area contributed by atoms with E-state index in [4.69, 9.17) is 0 Å². The number of nitrogens with one attached hydrogen (secondary N) is 1. The zero-order chi connectivity index (χ0) is 19.2. The van der Waals surface area contributed by atoms with Crippen LogP contribution in [-0.4, -0.2) is 58.8 Å². The van der Waals surface area contributed by atoms with Gasteiger partial charge in [-0.2, -0.15) is 5.10 Å². The van der Waals surface area contributed by atoms with Gasteiger partial charge in [0.2, 0.25) is 0 Å². The lowest BCUT2D eigenvalue weighted by Crippen LogP contribution is -2.38. The summed E-state index contributed by atoms with van der Waals surface area (Å²) in [6.45, 7) is 6.88. The van der Waals surface area contributed by atoms with Gasteiger partial charge in [-0.05, 0) is 50.4 Å². The third-order valence-electron chi connectivity index (χ3n) is 5.31. The van der Waals surface area contributed by atoms with Gasteiger partial charge >= 0.3 is 0 Å². The lowest BCUT2D eigenvalue weighted by atomic mass is 9.96. The number of piperidine rings is 1. The summed E-state index contributed by atoms with van der Waals surface area (Å²) in [5.41, 5.74) is 1.88. The van der Waals surface area contributed by atoms with Crippen molar-refractivity contribution in [2.45, 2.75) is 26.3 Å². The van der Waals surface area contributed by atoms with E-state index in [0.29, 0.717) is 11.5 Å². The van der Waals surface area contributed by atoms with Crippen molar-refractivity contribution in [2.75, 3.05) is 38.1 Å². The second-order valence-corrected chi connectivity index (χ2v) is 7.37. The molecule has 3 rings (SSSR count). The molecule has 1 saturated heterocycles. The minimum absolute atomic E-state index is 0.0336. The second kappa shape index (κ2) is 8.99. The molecule has 0 radical (unpaired) electrons. The first-order valence-corrected chi connectivity index (χ1v) is 9.70. The van der Waals surface area contributed by atoms with Gasteiger partial charge in [-0.25, -0.2) is 4.98 Å². The Balaban J connectivity index is 1.40. The van der Waals surface area contributed by atoms with Crippen molar-refractivity contribution in [2.24, 2.45) is 13.0 Å². The molecule has 0 unspecified atom stereocenters. The van der Waals surface area contributed by atoms with E-state index >= 15 is 0 Å². The summed E-state index contributed by atoms with van der Waals surface area (Å²) in [5, 5.41) is 7.09. The number of anilines is 1. The monoisotopic (exact) mass is 370 g/mol. The molecule has 3 heterocycles. The number of carbonyl (C=O) groups is 1. The first kappa shape index (κ1) is 19.4. The van der Waals surface area contributed by atoms with Crippen molar-refractivity contribution in [3.05, 3.63) is 41.9 Å². The van der Waals surface area contributed by atoms with Gasteiger partial charge in [0, 0.05) is 46.1 Å². The van der Waals surface area contributed by atoms with Crippen LogP contribution < -0.4 is 10.2 Å². The molecular weight excluding hydrogens is 340 g/mol. The van der Waals surface area contributed by atoms with Crippen LogP contribution in [0.1, 0.15) is 35.7 Å². The van der Waals surface area contributed by atoms with Gasteiger partial charge in [-0.1, -0.05) is 6.07 Å². The van der Waals surface area contributed by atoms with E-state index in [9.17, 15) is 4.79 Å². The van der Waals surface area contributed by atoms with Crippen LogP contribution in [0.3, 0.4) is 0 Å². The van der Waals surface area contributed by atoms with Crippen LogP contribution in [0.2, 0.25) is 0 Å². The molecule has 7 heteroatoms. The van der Waals surface area contributed by atoms with Crippen LogP contribution in [0.5, 0.6) is 0 Å². The molecule has 146 valence electrons. The van der Waals surface area contributed by atoms with Gasteiger partial charge in [0.25, 0.3) is 5.91 Å². The maximum Gasteiger partial charge on any atom is 0.254 e. The number of rotatable bonds is 7. The standard InChI is InChI=1S/C20H30N6O/c1-4-24(2)19-6-5-17(12-21-19)14-26-9-7-16(8-10-26)11-22-20(27)18-13-23-25(3)15-18/h5-6,12-13,15-16H,4,7-11,14H2,1-3H3,(H,22,27). The van der Waals surface area contributed by atoms with Gasteiger partial charge in [0.05, 0.1) is 11.8 Å². The summed E-state index contributed by atoms with van der Waals surface area (Å²) in [6.07, 6.45) is 7.56. The average molecular weight is 371 g/mol. The molecule has 1 fully saturated rings. The predicted molar refractivity (Wildman–Crippen MR) is 107 cm³/mol. The van der Waals surface area contributed by atoms with Gasteiger partial charge in [0.1, 0.15) is 5.82 Å². The Bertz CT molecular complexity index is 733. The fourth-order valence-corrected chi connectivity index (χ4v) is 3.38. The van der Waals surface area contributed by atoms with Crippen molar-refractivity contribution < 1.29 is 4.79 Å². The van der Waals surface area contributed by atoms with E-state index in [1.165, 1.54) is 5.56 Å². The van der Waals surface area contributed by atoms with Crippen molar-refractivity contribution in [3.8, 4) is 0 Å². The van der Waals surface area contributed by atoms with E-state index in [0.717, 1.165) is 51.4 Å². The largest absolute Gasteiger partial charge is 0.360 e. The van der Waals surface area contributed by atoms with Crippen molar-refractivity contribution >= 4 is 11.7 Å². The number of aryl methyl sites for hydroxylation is 1. The van der Waals surface area contributed by atoms with E-state index in [-0.39, 0.29) is 5.91 Å². The van der Waals surface area contributed by atoms with E-state index < -0.39 is 0 Å². The molecule has 0 atom stereocenters. The molecule has 0 aromatic carbocycles. The van der Waals surface area contributed by atoms with Crippen LogP contribution in [0.4, 0.5) is 5.82 Å². The Morgan fingerprint density at radius 3 is 2.67 bits per heavy atom. The third-order valence-corrected chi connectivity index (χ3v) is 5.31. The van der Waals surface area contributed by atoms with Gasteiger partial charge < -0.3 is 10.2 Å². The lowest BCUT2D eigenvalue weighted by molar-refractivity contribution is 0.0935. The zero-order valence-electron chi connectivity index (χ0n) is 16.6. The molecule has 1 aliphatic rings. The topological polar surface area (TPSA) is 66.3 Å². The lowest BCUT2D eigenvalue weighted by Gasteiger charge is -2.32. The number of amides is 1. The summed E-state index contributed by atoms with van der Waals surface area (Å²) in [5.74, 6) is 1.53. The molecule has 2 aromatic rings. The smallest absolute Gasteiger partial charge is 0.254 e. The average Bonchev–Trinajstić information content (AvgIpc) is 3.13. The van der Waals surface area contributed by atoms with Crippen LogP contribution in [0.25, 0.3) is 0 Å².